The molecule has 266 valence electrons. The van der Waals surface area contributed by atoms with E-state index in [2.05, 4.69) is 61.6 Å². The van der Waals surface area contributed by atoms with Gasteiger partial charge in [0, 0.05) is 73.1 Å². The molecular formula is C39H46N8O3S. The van der Waals surface area contributed by atoms with Gasteiger partial charge in [-0.05, 0) is 94.6 Å². The van der Waals surface area contributed by atoms with Crippen LogP contribution in [0.4, 0.5) is 5.69 Å². The molecular weight excluding hydrogens is 661 g/mol. The van der Waals surface area contributed by atoms with Crippen LogP contribution in [0, 0.1) is 5.41 Å². The van der Waals surface area contributed by atoms with Crippen molar-refractivity contribution in [3.8, 4) is 17.1 Å². The molecule has 51 heavy (non-hydrogen) atoms. The summed E-state index contributed by atoms with van der Waals surface area (Å²) in [5.74, 6) is 0.711. The molecule has 0 spiro atoms. The van der Waals surface area contributed by atoms with Gasteiger partial charge < -0.3 is 10.1 Å². The Morgan fingerprint density at radius 3 is 2.65 bits per heavy atom. The van der Waals surface area contributed by atoms with Gasteiger partial charge in [0.05, 0.1) is 40.7 Å². The van der Waals surface area contributed by atoms with Gasteiger partial charge in [0.2, 0.25) is 11.8 Å². The summed E-state index contributed by atoms with van der Waals surface area (Å²) in [5.41, 5.74) is 6.36. The van der Waals surface area contributed by atoms with E-state index in [1.165, 1.54) is 20.9 Å². The van der Waals surface area contributed by atoms with E-state index >= 15 is 0 Å². The number of Topliss-reactive ketones (excluding diaryl/α,β-unsaturated/α-hetero) is 1. The van der Waals surface area contributed by atoms with Crippen LogP contribution in [-0.4, -0.2) is 99.8 Å². The summed E-state index contributed by atoms with van der Waals surface area (Å²) in [5, 5.41) is 18.2. The number of hydrogen-bond acceptors (Lipinski definition) is 10. The van der Waals surface area contributed by atoms with E-state index in [1.54, 1.807) is 17.5 Å². The molecule has 4 aromatic rings. The number of nitrogens with one attached hydrogen (secondary N) is 2. The minimum Gasteiger partial charge on any atom is -0.475 e. The monoisotopic (exact) mass is 706 g/mol. The van der Waals surface area contributed by atoms with Crippen molar-refractivity contribution in [1.82, 2.24) is 30.0 Å². The molecule has 1 atom stereocenters. The molecule has 0 aliphatic carbocycles. The second kappa shape index (κ2) is 14.5. The van der Waals surface area contributed by atoms with Crippen LogP contribution in [0.5, 0.6) is 5.88 Å². The van der Waals surface area contributed by atoms with E-state index in [0.717, 1.165) is 53.8 Å². The SMILES string of the molecule is CC1=CN(C)N=C(c2ccc(C3=CCN(CC(=O)CN4CCC(C)(C(=O)Nc5ccc6[nH]nc(-c7ccc(OC(C)C)nc7)c6c5)C4)CC3)s2)C1. The molecule has 1 fully saturated rings. The summed E-state index contributed by atoms with van der Waals surface area (Å²) in [6.45, 7) is 11.7. The maximum absolute atomic E-state index is 13.6. The average molecular weight is 707 g/mol. The van der Waals surface area contributed by atoms with Gasteiger partial charge in [-0.3, -0.25) is 29.5 Å². The molecule has 1 unspecified atom stereocenters. The Bertz CT molecular complexity index is 2030. The Morgan fingerprint density at radius 1 is 1.08 bits per heavy atom. The predicted octanol–water partition coefficient (Wildman–Crippen LogP) is 6.43. The molecule has 2 N–H and O–H groups in total. The van der Waals surface area contributed by atoms with Crippen LogP contribution >= 0.6 is 11.3 Å². The van der Waals surface area contributed by atoms with E-state index in [4.69, 9.17) is 9.84 Å². The summed E-state index contributed by atoms with van der Waals surface area (Å²) in [4.78, 5) is 38.1. The fourth-order valence-electron chi connectivity index (χ4n) is 7.11. The number of carbonyl (C=O) groups is 2. The zero-order chi connectivity index (χ0) is 35.7. The molecule has 11 nitrogen and oxygen atoms in total. The summed E-state index contributed by atoms with van der Waals surface area (Å²) in [7, 11) is 1.97. The van der Waals surface area contributed by atoms with Crippen molar-refractivity contribution < 1.29 is 14.3 Å². The van der Waals surface area contributed by atoms with Gasteiger partial charge >= 0.3 is 0 Å². The van der Waals surface area contributed by atoms with Crippen LogP contribution in [0.15, 0.2) is 71.6 Å². The number of amides is 1. The maximum Gasteiger partial charge on any atom is 0.231 e. The van der Waals surface area contributed by atoms with Gasteiger partial charge in [-0.2, -0.15) is 10.2 Å². The van der Waals surface area contributed by atoms with Crippen LogP contribution in [0.25, 0.3) is 27.7 Å². The molecule has 1 saturated heterocycles. The van der Waals surface area contributed by atoms with Crippen molar-refractivity contribution >= 4 is 50.9 Å². The average Bonchev–Trinajstić information content (AvgIpc) is 3.84. The molecule has 0 bridgehead atoms. The number of aromatic nitrogens is 3. The summed E-state index contributed by atoms with van der Waals surface area (Å²) in [6.07, 6.45) is 8.62. The number of ether oxygens (including phenoxy) is 1. The number of rotatable bonds is 11. The number of carbonyl (C=O) groups excluding carboxylic acids is 2. The van der Waals surface area contributed by atoms with Crippen LogP contribution in [0.3, 0.4) is 0 Å². The van der Waals surface area contributed by atoms with Crippen LogP contribution in [-0.2, 0) is 9.59 Å². The minimum atomic E-state index is -0.597. The van der Waals surface area contributed by atoms with E-state index in [9.17, 15) is 9.59 Å². The number of allylic oxidation sites excluding steroid dienone is 1. The van der Waals surface area contributed by atoms with Crippen molar-refractivity contribution in [2.45, 2.75) is 53.1 Å². The van der Waals surface area contributed by atoms with Crippen molar-refractivity contribution in [3.63, 3.8) is 0 Å². The number of ketones is 1. The number of pyridine rings is 1. The fourth-order valence-corrected chi connectivity index (χ4v) is 8.17. The van der Waals surface area contributed by atoms with E-state index in [1.807, 2.05) is 63.2 Å². The summed E-state index contributed by atoms with van der Waals surface area (Å²) in [6, 6.07) is 13.9. The Hall–Kier alpha value is -4.65. The first kappa shape index (κ1) is 34.8. The number of H-pyrrole nitrogens is 1. The van der Waals surface area contributed by atoms with E-state index in [0.29, 0.717) is 44.2 Å². The lowest BCUT2D eigenvalue weighted by molar-refractivity contribution is -0.125. The Labute approximate surface area is 303 Å². The van der Waals surface area contributed by atoms with Gasteiger partial charge in [-0.15, -0.1) is 11.3 Å². The highest BCUT2D eigenvalue weighted by molar-refractivity contribution is 7.15. The number of thiophene rings is 1. The quantitative estimate of drug-likeness (QED) is 0.183. The van der Waals surface area contributed by atoms with Crippen molar-refractivity contribution in [3.05, 3.63) is 76.3 Å². The van der Waals surface area contributed by atoms with Crippen LogP contribution in [0.1, 0.15) is 56.7 Å². The standard InChI is InChI=1S/C39H46N8O3S/c1-25(2)50-36-11-6-28(20-40-36)37-31-19-29(7-8-32(31)42-43-37)41-38(49)39(4)14-17-47(24-39)23-30(48)22-46-15-12-27(13-16-46)34-9-10-35(51-34)33-18-26(3)21-45(5)44-33/h6-12,19-21,25H,13-18,22-24H2,1-5H3,(H,41,49)(H,42,43). The van der Waals surface area contributed by atoms with Gasteiger partial charge in [0.1, 0.15) is 5.69 Å². The smallest absolute Gasteiger partial charge is 0.231 e. The molecule has 3 aliphatic heterocycles. The zero-order valence-electron chi connectivity index (χ0n) is 30.0. The Balaban J connectivity index is 0.907. The van der Waals surface area contributed by atoms with E-state index in [-0.39, 0.29) is 17.8 Å². The number of aromatic amines is 1. The minimum absolute atomic E-state index is 0.0428. The highest BCUT2D eigenvalue weighted by Crippen LogP contribution is 2.34. The lowest BCUT2D eigenvalue weighted by Gasteiger charge is -2.27. The first-order chi connectivity index (χ1) is 24.5. The summed E-state index contributed by atoms with van der Waals surface area (Å²) >= 11 is 1.80. The summed E-state index contributed by atoms with van der Waals surface area (Å²) < 4.78 is 5.68. The lowest BCUT2D eigenvalue weighted by atomic mass is 9.88. The van der Waals surface area contributed by atoms with Crippen molar-refractivity contribution in [2.24, 2.45) is 10.5 Å². The van der Waals surface area contributed by atoms with Gasteiger partial charge in [-0.1, -0.05) is 6.08 Å². The highest BCUT2D eigenvalue weighted by atomic mass is 32.1. The highest BCUT2D eigenvalue weighted by Gasteiger charge is 2.41. The number of nitrogens with zero attached hydrogens (tertiary/aromatic N) is 6. The van der Waals surface area contributed by atoms with E-state index < -0.39 is 5.41 Å². The van der Waals surface area contributed by atoms with Gasteiger partial charge in [0.25, 0.3) is 0 Å². The number of hydrazone groups is 1. The fraction of sp³-hybridized carbons (Fsp3) is 0.410. The molecule has 6 heterocycles. The zero-order valence-corrected chi connectivity index (χ0v) is 30.8. The Morgan fingerprint density at radius 2 is 1.90 bits per heavy atom. The van der Waals surface area contributed by atoms with Crippen LogP contribution in [0.2, 0.25) is 0 Å². The molecule has 12 heteroatoms. The molecule has 0 radical (unpaired) electrons. The molecule has 0 saturated carbocycles. The third-order valence-corrected chi connectivity index (χ3v) is 10.9. The number of anilines is 1. The second-order valence-corrected chi connectivity index (χ2v) is 15.6. The number of benzene rings is 1. The van der Waals surface area contributed by atoms with Gasteiger partial charge in [0.15, 0.2) is 5.78 Å². The normalized spacial score (nSPS) is 20.0. The second-order valence-electron chi connectivity index (χ2n) is 14.5. The number of fused-ring (bicyclic) bond motifs is 1. The largest absolute Gasteiger partial charge is 0.475 e. The van der Waals surface area contributed by atoms with Crippen molar-refractivity contribution in [1.29, 1.82) is 0 Å². The third kappa shape index (κ3) is 7.98. The van der Waals surface area contributed by atoms with Gasteiger partial charge in [-0.25, -0.2) is 4.98 Å². The molecule has 1 aromatic carbocycles. The molecule has 7 rings (SSSR count). The first-order valence-corrected chi connectivity index (χ1v) is 18.5. The van der Waals surface area contributed by atoms with Crippen molar-refractivity contribution in [2.75, 3.05) is 51.6 Å². The maximum atomic E-state index is 13.6. The Kier molecular flexibility index (Phi) is 9.91. The third-order valence-electron chi connectivity index (χ3n) is 9.72. The topological polar surface area (TPSA) is 119 Å². The molecule has 3 aromatic heterocycles. The molecule has 1 amide bonds. The first-order valence-electron chi connectivity index (χ1n) is 17.7. The predicted molar refractivity (Wildman–Crippen MR) is 204 cm³/mol. The molecule has 3 aliphatic rings. The lowest BCUT2D eigenvalue weighted by Crippen LogP contribution is -2.40. The number of likely N-dealkylation sites (tertiary alicyclic amines) is 1. The van der Waals surface area contributed by atoms with Crippen LogP contribution < -0.4 is 10.1 Å². The number of hydrogen-bond donors (Lipinski definition) is 2.